The number of H-pyrrole nitrogens is 1. The van der Waals surface area contributed by atoms with E-state index in [4.69, 9.17) is 5.11 Å². The van der Waals surface area contributed by atoms with Gasteiger partial charge in [-0.1, -0.05) is 0 Å². The molecule has 0 atom stereocenters. The van der Waals surface area contributed by atoms with E-state index < -0.39 is 48.8 Å². The summed E-state index contributed by atoms with van der Waals surface area (Å²) in [4.78, 5) is 44.5. The van der Waals surface area contributed by atoms with E-state index in [0.717, 1.165) is 12.1 Å². The summed E-state index contributed by atoms with van der Waals surface area (Å²) in [5.41, 5.74) is -1.55. The van der Waals surface area contributed by atoms with E-state index in [-0.39, 0.29) is 4.90 Å². The molecule has 8 nitrogen and oxygen atoms in total. The molecule has 0 saturated heterocycles. The lowest BCUT2D eigenvalue weighted by atomic mass is 10.4. The first-order chi connectivity index (χ1) is 9.58. The van der Waals surface area contributed by atoms with E-state index in [9.17, 15) is 32.3 Å². The van der Waals surface area contributed by atoms with Crippen LogP contribution in [0.4, 0.5) is 13.2 Å². The van der Waals surface area contributed by atoms with E-state index in [1.165, 1.54) is 0 Å². The molecule has 1 heterocycles. The lowest BCUT2D eigenvalue weighted by Gasteiger charge is -2.22. The van der Waals surface area contributed by atoms with Crippen molar-refractivity contribution in [3.8, 4) is 0 Å². The minimum Gasteiger partial charge on any atom is -0.480 e. The second kappa shape index (κ2) is 6.24. The van der Waals surface area contributed by atoms with Crippen LogP contribution in [0.1, 0.15) is 0 Å². The molecule has 11 heteroatoms. The summed E-state index contributed by atoms with van der Waals surface area (Å²) in [7, 11) is 0. The van der Waals surface area contributed by atoms with Crippen LogP contribution in [0.15, 0.2) is 21.7 Å². The van der Waals surface area contributed by atoms with Gasteiger partial charge in [-0.05, 0) is 0 Å². The largest absolute Gasteiger partial charge is 0.480 e. The molecule has 0 bridgehead atoms. The number of aliphatic carboxylic acids is 1. The molecular formula is C10H10F3N3O5. The molecule has 1 rings (SSSR count). The van der Waals surface area contributed by atoms with Crippen LogP contribution in [0, 0.1) is 0 Å². The van der Waals surface area contributed by atoms with Crippen molar-refractivity contribution in [2.45, 2.75) is 12.7 Å². The summed E-state index contributed by atoms with van der Waals surface area (Å²) < 4.78 is 37.4. The molecule has 0 aliphatic heterocycles. The highest BCUT2D eigenvalue weighted by molar-refractivity contribution is 5.81. The second-order valence-electron chi connectivity index (χ2n) is 3.99. The van der Waals surface area contributed by atoms with Crippen LogP contribution in [-0.2, 0) is 16.1 Å². The number of nitrogens with one attached hydrogen (secondary N) is 1. The fraction of sp³-hybridized carbons (Fsp3) is 0.400. The molecule has 0 aliphatic rings. The number of nitrogens with zero attached hydrogens (tertiary/aromatic N) is 2. The number of aromatic nitrogens is 2. The van der Waals surface area contributed by atoms with Gasteiger partial charge in [0, 0.05) is 12.1 Å². The third kappa shape index (κ3) is 5.50. The van der Waals surface area contributed by atoms with Crippen molar-refractivity contribution in [2.24, 2.45) is 0 Å². The number of carboxylic acid groups (broad SMARTS) is 1. The van der Waals surface area contributed by atoms with E-state index in [1.54, 1.807) is 0 Å². The van der Waals surface area contributed by atoms with Crippen molar-refractivity contribution in [1.82, 2.24) is 14.7 Å². The van der Waals surface area contributed by atoms with E-state index in [1.807, 2.05) is 5.10 Å². The Morgan fingerprint density at radius 3 is 2.43 bits per heavy atom. The predicted molar refractivity (Wildman–Crippen MR) is 61.6 cm³/mol. The summed E-state index contributed by atoms with van der Waals surface area (Å²) >= 11 is 0. The lowest BCUT2D eigenvalue weighted by Crippen LogP contribution is -2.45. The average Bonchev–Trinajstić information content (AvgIpc) is 2.30. The van der Waals surface area contributed by atoms with Gasteiger partial charge in [0.25, 0.3) is 11.1 Å². The van der Waals surface area contributed by atoms with Crippen molar-refractivity contribution in [3.05, 3.63) is 32.8 Å². The highest BCUT2D eigenvalue weighted by Crippen LogP contribution is 2.16. The van der Waals surface area contributed by atoms with Crippen LogP contribution in [0.2, 0.25) is 0 Å². The highest BCUT2D eigenvalue weighted by atomic mass is 19.4. The molecule has 0 unspecified atom stereocenters. The first-order valence-corrected chi connectivity index (χ1v) is 5.45. The zero-order valence-corrected chi connectivity index (χ0v) is 10.4. The van der Waals surface area contributed by atoms with Gasteiger partial charge in [-0.25, -0.2) is 4.68 Å². The maximum absolute atomic E-state index is 12.3. The van der Waals surface area contributed by atoms with Gasteiger partial charge in [0.05, 0.1) is 0 Å². The topological polar surface area (TPSA) is 112 Å². The highest BCUT2D eigenvalue weighted by Gasteiger charge is 2.34. The molecule has 0 fully saturated rings. The smallest absolute Gasteiger partial charge is 0.406 e. The van der Waals surface area contributed by atoms with Gasteiger partial charge in [-0.3, -0.25) is 24.3 Å². The van der Waals surface area contributed by atoms with Gasteiger partial charge in [0.2, 0.25) is 5.91 Å². The quantitative estimate of drug-likeness (QED) is 0.725. The Kier molecular flexibility index (Phi) is 4.89. The van der Waals surface area contributed by atoms with Crippen molar-refractivity contribution < 1.29 is 27.9 Å². The van der Waals surface area contributed by atoms with Crippen molar-refractivity contribution in [3.63, 3.8) is 0 Å². The molecular weight excluding hydrogens is 299 g/mol. The second-order valence-corrected chi connectivity index (χ2v) is 3.99. The van der Waals surface area contributed by atoms with E-state index in [2.05, 4.69) is 0 Å². The molecule has 0 aromatic carbocycles. The van der Waals surface area contributed by atoms with Crippen LogP contribution in [0.25, 0.3) is 0 Å². The molecule has 0 saturated carbocycles. The van der Waals surface area contributed by atoms with Gasteiger partial charge in [0.1, 0.15) is 19.6 Å². The summed E-state index contributed by atoms with van der Waals surface area (Å²) in [5.74, 6) is -2.90. The first kappa shape index (κ1) is 16.5. The van der Waals surface area contributed by atoms with E-state index >= 15 is 0 Å². The van der Waals surface area contributed by atoms with Gasteiger partial charge in [-0.15, -0.1) is 0 Å². The number of alkyl halides is 3. The monoisotopic (exact) mass is 309 g/mol. The summed E-state index contributed by atoms with van der Waals surface area (Å²) in [6, 6.07) is 1.71. The van der Waals surface area contributed by atoms with Gasteiger partial charge < -0.3 is 10.0 Å². The number of carboxylic acids is 1. The Bertz CT molecular complexity index is 648. The normalized spacial score (nSPS) is 11.2. The average molecular weight is 309 g/mol. The number of hydrogen-bond donors (Lipinski definition) is 2. The standard InChI is InChI=1S/C10H10F3N3O5/c11-10(12,13)5-15(4-9(20)21)8(19)3-16-7(18)2-1-6(17)14-16/h1-2H,3-5H2,(H,14,17)(H,20,21). The van der Waals surface area contributed by atoms with Crippen LogP contribution >= 0.6 is 0 Å². The Balaban J connectivity index is 2.95. The van der Waals surface area contributed by atoms with Crippen molar-refractivity contribution >= 4 is 11.9 Å². The van der Waals surface area contributed by atoms with Crippen molar-refractivity contribution in [1.29, 1.82) is 0 Å². The van der Waals surface area contributed by atoms with Crippen LogP contribution < -0.4 is 11.1 Å². The number of halogens is 3. The Labute approximate surface area is 114 Å². The number of carbonyl (C=O) groups excluding carboxylic acids is 1. The predicted octanol–water partition coefficient (Wildman–Crippen LogP) is -0.988. The molecule has 2 N–H and O–H groups in total. The number of aromatic amines is 1. The molecule has 21 heavy (non-hydrogen) atoms. The number of rotatable bonds is 5. The maximum Gasteiger partial charge on any atom is 0.406 e. The molecule has 0 aliphatic carbocycles. The third-order valence-electron chi connectivity index (χ3n) is 2.23. The summed E-state index contributed by atoms with van der Waals surface area (Å²) in [6.07, 6.45) is -4.79. The maximum atomic E-state index is 12.3. The fourth-order valence-electron chi connectivity index (χ4n) is 1.43. The van der Waals surface area contributed by atoms with E-state index in [0.29, 0.717) is 4.68 Å². The number of amides is 1. The molecule has 1 aromatic rings. The Morgan fingerprint density at radius 1 is 1.29 bits per heavy atom. The van der Waals surface area contributed by atoms with Gasteiger partial charge in [0.15, 0.2) is 0 Å². The van der Waals surface area contributed by atoms with Gasteiger partial charge >= 0.3 is 12.1 Å². The zero-order valence-electron chi connectivity index (χ0n) is 10.4. The van der Waals surface area contributed by atoms with Gasteiger partial charge in [-0.2, -0.15) is 13.2 Å². The third-order valence-corrected chi connectivity index (χ3v) is 2.23. The lowest BCUT2D eigenvalue weighted by molar-refractivity contribution is -0.166. The minimum absolute atomic E-state index is 0.0279. The molecule has 1 amide bonds. The summed E-state index contributed by atoms with van der Waals surface area (Å²) in [6.45, 7) is -3.85. The van der Waals surface area contributed by atoms with Crippen LogP contribution in [0.3, 0.4) is 0 Å². The number of hydrogen-bond acceptors (Lipinski definition) is 4. The number of carbonyl (C=O) groups is 2. The molecule has 116 valence electrons. The van der Waals surface area contributed by atoms with Crippen LogP contribution in [-0.4, -0.2) is 50.9 Å². The van der Waals surface area contributed by atoms with Crippen LogP contribution in [0.5, 0.6) is 0 Å². The summed E-state index contributed by atoms with van der Waals surface area (Å²) in [5, 5.41) is 10.5. The SMILES string of the molecule is O=C(O)CN(CC(F)(F)F)C(=O)Cn1[nH]c(=O)ccc1=O. The Morgan fingerprint density at radius 2 is 1.90 bits per heavy atom. The minimum atomic E-state index is -4.79. The molecule has 0 radical (unpaired) electrons. The zero-order chi connectivity index (χ0) is 16.2. The molecule has 0 spiro atoms. The first-order valence-electron chi connectivity index (χ1n) is 5.45. The Hall–Kier alpha value is -2.59. The van der Waals surface area contributed by atoms with Crippen molar-refractivity contribution in [2.75, 3.05) is 13.1 Å². The molecule has 1 aromatic heterocycles. The fourth-order valence-corrected chi connectivity index (χ4v) is 1.43.